The lowest BCUT2D eigenvalue weighted by Gasteiger charge is -2.28. The largest absolute Gasteiger partial charge is 0.390 e. The quantitative estimate of drug-likeness (QED) is 0.653. The van der Waals surface area contributed by atoms with Gasteiger partial charge in [0.25, 0.3) is 0 Å². The van der Waals surface area contributed by atoms with Crippen LogP contribution in [0.5, 0.6) is 0 Å². The third-order valence-electron chi connectivity index (χ3n) is 6.18. The molecule has 0 saturated heterocycles. The van der Waals surface area contributed by atoms with E-state index in [-0.39, 0.29) is 12.3 Å². The molecule has 8 heteroatoms. The van der Waals surface area contributed by atoms with Crippen molar-refractivity contribution in [3.05, 3.63) is 75.4 Å². The van der Waals surface area contributed by atoms with Crippen molar-refractivity contribution in [3.8, 4) is 11.3 Å². The summed E-state index contributed by atoms with van der Waals surface area (Å²) in [5, 5.41) is 16.2. The number of nitrogens with zero attached hydrogens (tertiary/aromatic N) is 3. The van der Waals surface area contributed by atoms with Crippen molar-refractivity contribution in [1.82, 2.24) is 14.7 Å². The summed E-state index contributed by atoms with van der Waals surface area (Å²) in [5.41, 5.74) is 3.87. The summed E-state index contributed by atoms with van der Waals surface area (Å²) in [7, 11) is 0. The first-order chi connectivity index (χ1) is 14.8. The first-order valence-electron chi connectivity index (χ1n) is 10.1. The Morgan fingerprint density at radius 3 is 2.77 bits per heavy atom. The maximum Gasteiger partial charge on any atom is 0.219 e. The molecule has 0 fully saturated rings. The molecule has 0 bridgehead atoms. The smallest absolute Gasteiger partial charge is 0.219 e. The molecule has 31 heavy (non-hydrogen) atoms. The van der Waals surface area contributed by atoms with Crippen molar-refractivity contribution in [2.75, 3.05) is 6.54 Å². The number of fused-ring (bicyclic) bond motifs is 2. The van der Waals surface area contributed by atoms with Crippen molar-refractivity contribution < 1.29 is 18.7 Å². The van der Waals surface area contributed by atoms with Crippen molar-refractivity contribution in [3.63, 3.8) is 0 Å². The van der Waals surface area contributed by atoms with E-state index in [1.54, 1.807) is 21.7 Å². The molecule has 2 aromatic carbocycles. The lowest BCUT2D eigenvalue weighted by Crippen LogP contribution is -2.35. The molecule has 5 rings (SSSR count). The zero-order valence-corrected chi connectivity index (χ0v) is 17.5. The zero-order valence-electron chi connectivity index (χ0n) is 16.8. The molecule has 1 N–H and O–H groups in total. The van der Waals surface area contributed by atoms with E-state index in [9.17, 15) is 18.7 Å². The van der Waals surface area contributed by atoms with E-state index in [0.717, 1.165) is 22.9 Å². The van der Waals surface area contributed by atoms with E-state index in [4.69, 9.17) is 16.7 Å². The summed E-state index contributed by atoms with van der Waals surface area (Å²) in [5.74, 6) is -1.38. The monoisotopic (exact) mass is 443 g/mol. The second-order valence-corrected chi connectivity index (χ2v) is 8.53. The Bertz CT molecular complexity index is 1210. The lowest BCUT2D eigenvalue weighted by atomic mass is 10.00. The van der Waals surface area contributed by atoms with Crippen LogP contribution in [0.4, 0.5) is 8.78 Å². The van der Waals surface area contributed by atoms with Gasteiger partial charge in [-0.15, -0.1) is 0 Å². The van der Waals surface area contributed by atoms with Gasteiger partial charge in [-0.25, -0.2) is 8.78 Å². The van der Waals surface area contributed by atoms with Gasteiger partial charge in [0.2, 0.25) is 5.91 Å². The molecule has 0 radical (unpaired) electrons. The zero-order chi connectivity index (χ0) is 21.9. The topological polar surface area (TPSA) is 58.4 Å². The van der Waals surface area contributed by atoms with Crippen LogP contribution in [-0.4, -0.2) is 38.3 Å². The number of aliphatic hydroxyl groups is 1. The Hall–Kier alpha value is -2.77. The predicted molar refractivity (Wildman–Crippen MR) is 112 cm³/mol. The minimum absolute atomic E-state index is 0.0363. The number of carbonyl (C=O) groups is 1. The van der Waals surface area contributed by atoms with Crippen LogP contribution in [0.2, 0.25) is 5.02 Å². The van der Waals surface area contributed by atoms with Gasteiger partial charge in [-0.3, -0.25) is 9.48 Å². The maximum absolute atomic E-state index is 14.4. The van der Waals surface area contributed by atoms with Gasteiger partial charge in [0.1, 0.15) is 17.7 Å². The molecule has 2 atom stereocenters. The van der Waals surface area contributed by atoms with Crippen molar-refractivity contribution >= 4 is 17.5 Å². The van der Waals surface area contributed by atoms with E-state index >= 15 is 0 Å². The van der Waals surface area contributed by atoms with Gasteiger partial charge in [-0.1, -0.05) is 23.7 Å². The van der Waals surface area contributed by atoms with Gasteiger partial charge in [0.05, 0.1) is 11.8 Å². The average Bonchev–Trinajstić information content (AvgIpc) is 3.25. The molecule has 1 aromatic heterocycles. The minimum atomic E-state index is -0.937. The molecule has 1 aliphatic carbocycles. The summed E-state index contributed by atoms with van der Waals surface area (Å²) in [6, 6.07) is 8.67. The van der Waals surface area contributed by atoms with Crippen LogP contribution in [0, 0.1) is 11.6 Å². The molecule has 1 aliphatic heterocycles. The molecular formula is C23H20ClF2N3O2. The van der Waals surface area contributed by atoms with Crippen molar-refractivity contribution in [2.45, 2.75) is 38.5 Å². The molecule has 3 aromatic rings. The molecule has 1 amide bonds. The number of carbonyl (C=O) groups excluding carboxylic acids is 1. The van der Waals surface area contributed by atoms with Gasteiger partial charge >= 0.3 is 0 Å². The fourth-order valence-electron chi connectivity index (χ4n) is 4.74. The Kier molecular flexibility index (Phi) is 4.83. The third-order valence-corrected chi connectivity index (χ3v) is 6.42. The van der Waals surface area contributed by atoms with Crippen LogP contribution >= 0.6 is 11.6 Å². The fourth-order valence-corrected chi connectivity index (χ4v) is 4.93. The maximum atomic E-state index is 14.4. The number of hydrogen-bond acceptors (Lipinski definition) is 3. The molecule has 2 aliphatic rings. The number of aromatic nitrogens is 2. The van der Waals surface area contributed by atoms with E-state index in [1.807, 2.05) is 12.1 Å². The highest BCUT2D eigenvalue weighted by Gasteiger charge is 2.39. The van der Waals surface area contributed by atoms with Gasteiger partial charge < -0.3 is 10.0 Å². The summed E-state index contributed by atoms with van der Waals surface area (Å²) < 4.78 is 30.1. The van der Waals surface area contributed by atoms with E-state index < -0.39 is 23.8 Å². The number of hydrogen-bond donors (Lipinski definition) is 1. The van der Waals surface area contributed by atoms with E-state index in [1.165, 1.54) is 13.0 Å². The van der Waals surface area contributed by atoms with Crippen LogP contribution in [0.25, 0.3) is 11.3 Å². The highest BCUT2D eigenvalue weighted by atomic mass is 35.5. The van der Waals surface area contributed by atoms with Crippen LogP contribution in [0.3, 0.4) is 0 Å². The standard InChI is InChI=1S/C23H20ClF2N3O2/c1-12(30)28-6-5-20-18(11-28)22(13-3-2-4-14(24)7-13)27-29(20)23-17-8-15(25)9-19(26)16(17)10-21(23)31/h2-4,7-9,21,23,31H,5-6,10-11H2,1H3/t21-,23+/m0/s1. The number of halogens is 3. The SMILES string of the molecule is CC(=O)N1CCc2c(c(-c3cccc(Cl)c3)nn2[C@@H]2c3cc(F)cc(F)c3C[C@@H]2O)C1. The normalized spacial score (nSPS) is 20.0. The van der Waals surface area contributed by atoms with Gasteiger partial charge in [0, 0.05) is 60.8 Å². The fraction of sp³-hybridized carbons (Fsp3) is 0.304. The minimum Gasteiger partial charge on any atom is -0.390 e. The number of rotatable bonds is 2. The number of amides is 1. The van der Waals surface area contributed by atoms with E-state index in [2.05, 4.69) is 0 Å². The lowest BCUT2D eigenvalue weighted by molar-refractivity contribution is -0.129. The molecule has 0 spiro atoms. The van der Waals surface area contributed by atoms with Crippen LogP contribution < -0.4 is 0 Å². The highest BCUT2D eigenvalue weighted by molar-refractivity contribution is 6.30. The third kappa shape index (κ3) is 3.32. The summed E-state index contributed by atoms with van der Waals surface area (Å²) >= 11 is 6.19. The first kappa shape index (κ1) is 20.2. The first-order valence-corrected chi connectivity index (χ1v) is 10.5. The second-order valence-electron chi connectivity index (χ2n) is 8.09. The van der Waals surface area contributed by atoms with E-state index in [0.29, 0.717) is 41.4 Å². The summed E-state index contributed by atoms with van der Waals surface area (Å²) in [4.78, 5) is 13.8. The van der Waals surface area contributed by atoms with Crippen LogP contribution in [-0.2, 0) is 24.2 Å². The molecule has 0 unspecified atom stereocenters. The van der Waals surface area contributed by atoms with Crippen LogP contribution in [0.15, 0.2) is 36.4 Å². The predicted octanol–water partition coefficient (Wildman–Crippen LogP) is 3.89. The summed E-state index contributed by atoms with van der Waals surface area (Å²) in [6.45, 7) is 2.41. The molecular weight excluding hydrogens is 424 g/mol. The Morgan fingerprint density at radius 1 is 1.23 bits per heavy atom. The molecule has 0 saturated carbocycles. The Balaban J connectivity index is 1.70. The van der Waals surface area contributed by atoms with Crippen molar-refractivity contribution in [1.29, 1.82) is 0 Å². The Morgan fingerprint density at radius 2 is 2.03 bits per heavy atom. The number of benzene rings is 2. The molecule has 5 nitrogen and oxygen atoms in total. The highest BCUT2D eigenvalue weighted by Crippen LogP contribution is 2.40. The number of aliphatic hydroxyl groups excluding tert-OH is 1. The van der Waals surface area contributed by atoms with Gasteiger partial charge in [-0.2, -0.15) is 5.10 Å². The Labute approximate surface area is 182 Å². The van der Waals surface area contributed by atoms with Gasteiger partial charge in [-0.05, 0) is 29.3 Å². The molecule has 160 valence electrons. The average molecular weight is 444 g/mol. The van der Waals surface area contributed by atoms with Gasteiger partial charge in [0.15, 0.2) is 0 Å². The second kappa shape index (κ2) is 7.43. The van der Waals surface area contributed by atoms with Crippen molar-refractivity contribution in [2.24, 2.45) is 0 Å². The van der Waals surface area contributed by atoms with Crippen LogP contribution in [0.1, 0.15) is 35.3 Å². The molecule has 2 heterocycles. The summed E-state index contributed by atoms with van der Waals surface area (Å²) in [6.07, 6.45) is -0.320.